The minimum Gasteiger partial charge on any atom is -0.356 e. The summed E-state index contributed by atoms with van der Waals surface area (Å²) >= 11 is 0. The molecule has 170 valence electrons. The fourth-order valence-electron chi connectivity index (χ4n) is 5.32. The predicted molar refractivity (Wildman–Crippen MR) is 118 cm³/mol. The number of carbonyl (C=O) groups is 2. The minimum absolute atomic E-state index is 0.0983. The average molecular weight is 431 g/mol. The van der Waals surface area contributed by atoms with E-state index in [0.717, 1.165) is 32.0 Å². The summed E-state index contributed by atoms with van der Waals surface area (Å²) in [5.74, 6) is -0.0154. The minimum atomic E-state index is -0.558. The molecule has 2 amide bonds. The fraction of sp³-hybridized carbons (Fsp3) is 0.667. The van der Waals surface area contributed by atoms with Crippen LogP contribution in [-0.4, -0.2) is 66.4 Å². The largest absolute Gasteiger partial charge is 0.356 e. The van der Waals surface area contributed by atoms with Crippen LogP contribution in [0.5, 0.6) is 0 Å². The first kappa shape index (κ1) is 22.2. The van der Waals surface area contributed by atoms with Gasteiger partial charge < -0.3 is 15.5 Å². The van der Waals surface area contributed by atoms with Gasteiger partial charge in [0.2, 0.25) is 11.8 Å². The van der Waals surface area contributed by atoms with Crippen LogP contribution in [-0.2, 0) is 16.1 Å². The second-order valence-electron chi connectivity index (χ2n) is 9.29. The highest BCUT2D eigenvalue weighted by Crippen LogP contribution is 2.27. The molecule has 1 atom stereocenters. The summed E-state index contributed by atoms with van der Waals surface area (Å²) in [6, 6.07) is 6.83. The average Bonchev–Trinajstić information content (AvgIpc) is 3.32. The van der Waals surface area contributed by atoms with Gasteiger partial charge >= 0.3 is 0 Å². The highest BCUT2D eigenvalue weighted by molar-refractivity contribution is 5.88. The second-order valence-corrected chi connectivity index (χ2v) is 9.29. The van der Waals surface area contributed by atoms with Crippen LogP contribution >= 0.6 is 0 Å². The number of hydrogen-bond acceptors (Lipinski definition) is 4. The Morgan fingerprint density at radius 2 is 1.84 bits per heavy atom. The number of piperidine rings is 1. The summed E-state index contributed by atoms with van der Waals surface area (Å²) in [4.78, 5) is 29.6. The number of rotatable bonds is 7. The van der Waals surface area contributed by atoms with Crippen molar-refractivity contribution in [2.75, 3.05) is 32.7 Å². The molecular weight excluding hydrogens is 395 g/mol. The third-order valence-electron chi connectivity index (χ3n) is 7.23. The van der Waals surface area contributed by atoms with E-state index in [-0.39, 0.29) is 24.1 Å². The fourth-order valence-corrected chi connectivity index (χ4v) is 5.32. The summed E-state index contributed by atoms with van der Waals surface area (Å²) in [7, 11) is 0. The van der Waals surface area contributed by atoms with Crippen molar-refractivity contribution in [3.8, 4) is 0 Å². The maximum absolute atomic E-state index is 14.1. The normalized spacial score (nSPS) is 24.3. The Hall–Kier alpha value is -1.99. The summed E-state index contributed by atoms with van der Waals surface area (Å²) in [5.41, 5.74) is 0.552. The van der Waals surface area contributed by atoms with Crippen LogP contribution < -0.4 is 10.6 Å². The quantitative estimate of drug-likeness (QED) is 0.697. The smallest absolute Gasteiger partial charge is 0.237 e. The van der Waals surface area contributed by atoms with Crippen molar-refractivity contribution in [3.63, 3.8) is 0 Å². The number of halogens is 1. The molecule has 2 N–H and O–H groups in total. The Bertz CT molecular complexity index is 760. The first-order chi connectivity index (χ1) is 15.1. The van der Waals surface area contributed by atoms with Gasteiger partial charge in [-0.05, 0) is 50.8 Å². The van der Waals surface area contributed by atoms with Gasteiger partial charge in [-0.3, -0.25) is 14.5 Å². The van der Waals surface area contributed by atoms with Crippen molar-refractivity contribution >= 4 is 11.8 Å². The number of nitrogens with one attached hydrogen (secondary N) is 2. The SMILES string of the molecule is O=C(C[C@@H]1C(=O)NCCN1Cc1ccccc1F)NCC1CCN(C2CCCC2)CC1. The first-order valence-electron chi connectivity index (χ1n) is 11.9. The van der Waals surface area contributed by atoms with Crippen LogP contribution in [0.3, 0.4) is 0 Å². The Morgan fingerprint density at radius 1 is 1.10 bits per heavy atom. The molecule has 1 aromatic carbocycles. The van der Waals surface area contributed by atoms with Gasteiger partial charge in [-0.2, -0.15) is 0 Å². The van der Waals surface area contributed by atoms with Gasteiger partial charge in [0.1, 0.15) is 5.82 Å². The molecule has 0 spiro atoms. The number of piperazine rings is 1. The van der Waals surface area contributed by atoms with E-state index in [2.05, 4.69) is 15.5 Å². The van der Waals surface area contributed by atoms with Gasteiger partial charge in [-0.25, -0.2) is 4.39 Å². The Kier molecular flexibility index (Phi) is 7.56. The predicted octanol–water partition coefficient (Wildman–Crippen LogP) is 2.29. The zero-order valence-corrected chi connectivity index (χ0v) is 18.3. The Labute approximate surface area is 184 Å². The Morgan fingerprint density at radius 3 is 2.58 bits per heavy atom. The number of nitrogens with zero attached hydrogens (tertiary/aromatic N) is 2. The van der Waals surface area contributed by atoms with Crippen molar-refractivity contribution < 1.29 is 14.0 Å². The molecule has 3 aliphatic rings. The zero-order valence-electron chi connectivity index (χ0n) is 18.3. The lowest BCUT2D eigenvalue weighted by Crippen LogP contribution is -2.56. The number of carbonyl (C=O) groups excluding carboxylic acids is 2. The highest BCUT2D eigenvalue weighted by Gasteiger charge is 2.32. The standard InChI is InChI=1S/C24H35FN4O2/c25-21-8-4-1-5-19(21)17-29-14-11-26-24(31)22(29)15-23(30)27-16-18-9-12-28(13-10-18)20-6-2-3-7-20/h1,4-5,8,18,20,22H,2-3,6-7,9-17H2,(H,26,31)(H,27,30)/t22-/m1/s1. The molecule has 0 bridgehead atoms. The van der Waals surface area contributed by atoms with Gasteiger partial charge in [0.15, 0.2) is 0 Å². The van der Waals surface area contributed by atoms with E-state index < -0.39 is 6.04 Å². The van der Waals surface area contributed by atoms with E-state index >= 15 is 0 Å². The molecule has 1 aromatic rings. The van der Waals surface area contributed by atoms with Gasteiger partial charge in [0, 0.05) is 37.8 Å². The lowest BCUT2D eigenvalue weighted by atomic mass is 9.95. The summed E-state index contributed by atoms with van der Waals surface area (Å²) in [6.07, 6.45) is 7.77. The van der Waals surface area contributed by atoms with Crippen molar-refractivity contribution in [3.05, 3.63) is 35.6 Å². The topological polar surface area (TPSA) is 64.7 Å². The van der Waals surface area contributed by atoms with E-state index in [1.807, 2.05) is 4.90 Å². The molecule has 0 aromatic heterocycles. The third kappa shape index (κ3) is 5.83. The van der Waals surface area contributed by atoms with Crippen LogP contribution in [0.2, 0.25) is 0 Å². The van der Waals surface area contributed by atoms with Gasteiger partial charge in [-0.15, -0.1) is 0 Å². The zero-order chi connectivity index (χ0) is 21.6. The molecule has 1 aliphatic carbocycles. The lowest BCUT2D eigenvalue weighted by Gasteiger charge is -2.36. The van der Waals surface area contributed by atoms with Crippen LogP contribution in [0.25, 0.3) is 0 Å². The molecule has 0 radical (unpaired) electrons. The molecular formula is C24H35FN4O2. The molecule has 2 saturated heterocycles. The number of likely N-dealkylation sites (tertiary alicyclic amines) is 1. The van der Waals surface area contributed by atoms with Crippen LogP contribution in [0.4, 0.5) is 4.39 Å². The van der Waals surface area contributed by atoms with Gasteiger partial charge in [-0.1, -0.05) is 31.0 Å². The van der Waals surface area contributed by atoms with Crippen molar-refractivity contribution in [1.82, 2.24) is 20.4 Å². The van der Waals surface area contributed by atoms with E-state index in [9.17, 15) is 14.0 Å². The summed E-state index contributed by atoms with van der Waals surface area (Å²) < 4.78 is 14.1. The van der Waals surface area contributed by atoms with E-state index in [1.54, 1.807) is 18.2 Å². The molecule has 1 saturated carbocycles. The van der Waals surface area contributed by atoms with Gasteiger partial charge in [0.25, 0.3) is 0 Å². The molecule has 0 unspecified atom stereocenters. The van der Waals surface area contributed by atoms with E-state index in [1.165, 1.54) is 31.7 Å². The molecule has 2 heterocycles. The van der Waals surface area contributed by atoms with Crippen molar-refractivity contribution in [2.45, 2.75) is 63.6 Å². The summed E-state index contributed by atoms with van der Waals surface area (Å²) in [6.45, 7) is 4.40. The van der Waals surface area contributed by atoms with Crippen LogP contribution in [0.15, 0.2) is 24.3 Å². The molecule has 4 rings (SSSR count). The maximum atomic E-state index is 14.1. The number of amides is 2. The van der Waals surface area contributed by atoms with Crippen molar-refractivity contribution in [2.24, 2.45) is 5.92 Å². The number of hydrogen-bond donors (Lipinski definition) is 2. The van der Waals surface area contributed by atoms with E-state index in [4.69, 9.17) is 0 Å². The summed E-state index contributed by atoms with van der Waals surface area (Å²) in [5, 5.41) is 5.91. The van der Waals surface area contributed by atoms with E-state index in [0.29, 0.717) is 37.7 Å². The molecule has 7 heteroatoms. The maximum Gasteiger partial charge on any atom is 0.237 e. The number of benzene rings is 1. The molecule has 6 nitrogen and oxygen atoms in total. The third-order valence-corrected chi connectivity index (χ3v) is 7.23. The van der Waals surface area contributed by atoms with Crippen LogP contribution in [0.1, 0.15) is 50.5 Å². The highest BCUT2D eigenvalue weighted by atomic mass is 19.1. The van der Waals surface area contributed by atoms with Crippen molar-refractivity contribution in [1.29, 1.82) is 0 Å². The lowest BCUT2D eigenvalue weighted by molar-refractivity contribution is -0.134. The Balaban J connectivity index is 1.24. The van der Waals surface area contributed by atoms with Crippen LogP contribution in [0, 0.1) is 11.7 Å². The molecule has 3 fully saturated rings. The first-order valence-corrected chi connectivity index (χ1v) is 11.9. The molecule has 2 aliphatic heterocycles. The molecule has 31 heavy (non-hydrogen) atoms. The van der Waals surface area contributed by atoms with Gasteiger partial charge in [0.05, 0.1) is 12.5 Å². The second kappa shape index (κ2) is 10.6. The monoisotopic (exact) mass is 430 g/mol.